The second-order valence-electron chi connectivity index (χ2n) is 15.2. The van der Waals surface area contributed by atoms with Crippen molar-refractivity contribution in [3.63, 3.8) is 0 Å². The molecule has 2 saturated heterocycles. The molecule has 0 unspecified atom stereocenters. The van der Waals surface area contributed by atoms with E-state index >= 15 is 0 Å². The van der Waals surface area contributed by atoms with Gasteiger partial charge in [0.15, 0.2) is 12.1 Å². The summed E-state index contributed by atoms with van der Waals surface area (Å²) in [6, 6.07) is 0. The van der Waals surface area contributed by atoms with Crippen LogP contribution < -0.4 is 0 Å². The standard InChI is InChI=1S/C33H54O8/c1-18(17-39-30-29(37)28(36)27(35)25(16-34)40-30)10-14-33(38)19(2)26-24(41-33)15-23-21-9-8-20-7-5-6-12-31(20,3)22(21)11-13-32(23,26)4/h8,18-19,21-30,34-38H,5-7,9-17H2,1-4H3/t18-,19+,21-,22+,23+,24+,25-,26+,27-,28-,29-,30-,31+,32+,33+/m1/s1. The fourth-order valence-electron chi connectivity index (χ4n) is 10.7. The molecule has 0 aromatic rings. The Bertz CT molecular complexity index is 986. The second kappa shape index (κ2) is 11.1. The van der Waals surface area contributed by atoms with Gasteiger partial charge in [-0.25, -0.2) is 0 Å². The van der Waals surface area contributed by atoms with Crippen molar-refractivity contribution in [3.8, 4) is 0 Å². The molecule has 41 heavy (non-hydrogen) atoms. The molecular weight excluding hydrogens is 524 g/mol. The van der Waals surface area contributed by atoms with Gasteiger partial charge in [0, 0.05) is 12.3 Å². The van der Waals surface area contributed by atoms with Crippen molar-refractivity contribution in [1.29, 1.82) is 0 Å². The minimum Gasteiger partial charge on any atom is -0.394 e. The zero-order valence-electron chi connectivity index (χ0n) is 25.5. The number of fused-ring (bicyclic) bond motifs is 7. The Kier molecular flexibility index (Phi) is 8.24. The van der Waals surface area contributed by atoms with E-state index in [4.69, 9.17) is 14.2 Å². The van der Waals surface area contributed by atoms with Gasteiger partial charge in [-0.2, -0.15) is 0 Å². The third kappa shape index (κ3) is 4.87. The molecule has 0 bridgehead atoms. The average molecular weight is 579 g/mol. The van der Waals surface area contributed by atoms with Crippen LogP contribution in [-0.4, -0.2) is 81.3 Å². The lowest BCUT2D eigenvalue weighted by atomic mass is 9.47. The summed E-state index contributed by atoms with van der Waals surface area (Å²) in [6.07, 6.45) is 7.71. The lowest BCUT2D eigenvalue weighted by Gasteiger charge is -2.58. The Morgan fingerprint density at radius 1 is 1.07 bits per heavy atom. The normalized spacial score (nSPS) is 53.6. The fourth-order valence-corrected chi connectivity index (χ4v) is 10.7. The van der Waals surface area contributed by atoms with Gasteiger partial charge in [0.25, 0.3) is 0 Å². The summed E-state index contributed by atoms with van der Waals surface area (Å²) < 4.78 is 17.8. The number of hydrogen-bond acceptors (Lipinski definition) is 8. The first-order valence-corrected chi connectivity index (χ1v) is 16.4. The van der Waals surface area contributed by atoms with Crippen molar-refractivity contribution >= 4 is 0 Å². The van der Waals surface area contributed by atoms with Crippen LogP contribution in [0.2, 0.25) is 0 Å². The SMILES string of the molecule is C[C@H](CC[C@]1(O)O[C@H]2C[C@H]3[C@@H]4CC=C5CCCC[C@]5(C)[C@H]4CC[C@]3(C)[C@H]2[C@@H]1C)CO[C@@H]1O[C@H](CO)[C@@H](O)[C@@H](O)[C@H]1O. The highest BCUT2D eigenvalue weighted by Crippen LogP contribution is 2.70. The summed E-state index contributed by atoms with van der Waals surface area (Å²) in [5.41, 5.74) is 2.33. The molecule has 2 heterocycles. The lowest BCUT2D eigenvalue weighted by molar-refractivity contribution is -0.303. The molecule has 5 fully saturated rings. The zero-order valence-corrected chi connectivity index (χ0v) is 25.5. The fraction of sp³-hybridized carbons (Fsp3) is 0.939. The van der Waals surface area contributed by atoms with Crippen LogP contribution >= 0.6 is 0 Å². The Morgan fingerprint density at radius 2 is 1.85 bits per heavy atom. The topological polar surface area (TPSA) is 129 Å². The number of allylic oxidation sites excluding steroid dienone is 2. The van der Waals surface area contributed by atoms with Gasteiger partial charge in [-0.15, -0.1) is 0 Å². The van der Waals surface area contributed by atoms with Crippen LogP contribution in [0, 0.1) is 46.3 Å². The molecule has 6 rings (SSSR count). The van der Waals surface area contributed by atoms with Gasteiger partial charge in [0.1, 0.15) is 24.4 Å². The summed E-state index contributed by atoms with van der Waals surface area (Å²) in [5, 5.41) is 51.5. The maximum atomic E-state index is 11.8. The largest absolute Gasteiger partial charge is 0.394 e. The third-order valence-electron chi connectivity index (χ3n) is 13.1. The van der Waals surface area contributed by atoms with E-state index < -0.39 is 43.1 Å². The van der Waals surface area contributed by atoms with Crippen molar-refractivity contribution in [2.45, 2.75) is 135 Å². The molecule has 8 nitrogen and oxygen atoms in total. The van der Waals surface area contributed by atoms with Crippen LogP contribution in [0.25, 0.3) is 0 Å². The van der Waals surface area contributed by atoms with Gasteiger partial charge in [-0.05, 0) is 91.8 Å². The van der Waals surface area contributed by atoms with E-state index in [1.165, 1.54) is 44.9 Å². The smallest absolute Gasteiger partial charge is 0.186 e. The molecule has 8 heteroatoms. The highest BCUT2D eigenvalue weighted by Gasteiger charge is 2.67. The number of hydrogen-bond donors (Lipinski definition) is 5. The minimum atomic E-state index is -1.45. The minimum absolute atomic E-state index is 0.0425. The third-order valence-corrected chi connectivity index (χ3v) is 13.1. The van der Waals surface area contributed by atoms with E-state index in [2.05, 4.69) is 26.8 Å². The van der Waals surface area contributed by atoms with E-state index in [0.717, 1.165) is 18.3 Å². The van der Waals surface area contributed by atoms with Crippen LogP contribution in [0.5, 0.6) is 0 Å². The van der Waals surface area contributed by atoms with Gasteiger partial charge in [-0.3, -0.25) is 0 Å². The molecule has 4 aliphatic carbocycles. The van der Waals surface area contributed by atoms with Crippen molar-refractivity contribution in [2.24, 2.45) is 46.3 Å². The van der Waals surface area contributed by atoms with Crippen LogP contribution in [0.15, 0.2) is 11.6 Å². The number of rotatable bonds is 7. The van der Waals surface area contributed by atoms with E-state index in [1.807, 2.05) is 6.92 Å². The van der Waals surface area contributed by atoms with Gasteiger partial charge >= 0.3 is 0 Å². The maximum absolute atomic E-state index is 11.8. The predicted octanol–water partition coefficient (Wildman–Crippen LogP) is 3.52. The molecule has 15 atom stereocenters. The predicted molar refractivity (Wildman–Crippen MR) is 152 cm³/mol. The van der Waals surface area contributed by atoms with Crippen LogP contribution in [0.1, 0.15) is 91.9 Å². The first-order valence-electron chi connectivity index (χ1n) is 16.4. The first-order chi connectivity index (χ1) is 19.4. The monoisotopic (exact) mass is 578 g/mol. The van der Waals surface area contributed by atoms with Gasteiger partial charge in [0.2, 0.25) is 0 Å². The Morgan fingerprint density at radius 3 is 2.61 bits per heavy atom. The van der Waals surface area contributed by atoms with Crippen LogP contribution in [0.3, 0.4) is 0 Å². The van der Waals surface area contributed by atoms with Crippen molar-refractivity contribution < 1.29 is 39.7 Å². The molecule has 0 radical (unpaired) electrons. The maximum Gasteiger partial charge on any atom is 0.186 e. The molecule has 234 valence electrons. The number of ether oxygens (including phenoxy) is 3. The van der Waals surface area contributed by atoms with Gasteiger partial charge in [0.05, 0.1) is 19.3 Å². The molecule has 5 N–H and O–H groups in total. The van der Waals surface area contributed by atoms with Crippen LogP contribution in [-0.2, 0) is 14.2 Å². The van der Waals surface area contributed by atoms with E-state index in [0.29, 0.717) is 30.1 Å². The van der Waals surface area contributed by atoms with E-state index in [-0.39, 0.29) is 30.0 Å². The molecule has 6 aliphatic rings. The molecular formula is C33H54O8. The molecule has 3 saturated carbocycles. The van der Waals surface area contributed by atoms with Crippen molar-refractivity contribution in [2.75, 3.05) is 13.2 Å². The highest BCUT2D eigenvalue weighted by molar-refractivity contribution is 5.25. The Hall–Kier alpha value is -0.580. The molecule has 0 spiro atoms. The second-order valence-corrected chi connectivity index (χ2v) is 15.2. The van der Waals surface area contributed by atoms with Crippen molar-refractivity contribution in [1.82, 2.24) is 0 Å². The summed E-state index contributed by atoms with van der Waals surface area (Å²) in [6.45, 7) is 9.04. The molecule has 0 aromatic heterocycles. The molecule has 2 aliphatic heterocycles. The number of aliphatic hydroxyl groups excluding tert-OH is 4. The summed E-state index contributed by atoms with van der Waals surface area (Å²) >= 11 is 0. The molecule has 0 amide bonds. The van der Waals surface area contributed by atoms with Crippen LogP contribution in [0.4, 0.5) is 0 Å². The van der Waals surface area contributed by atoms with E-state index in [9.17, 15) is 25.5 Å². The van der Waals surface area contributed by atoms with E-state index in [1.54, 1.807) is 5.57 Å². The zero-order chi connectivity index (χ0) is 29.3. The highest BCUT2D eigenvalue weighted by atomic mass is 16.7. The summed E-state index contributed by atoms with van der Waals surface area (Å²) in [4.78, 5) is 0. The lowest BCUT2D eigenvalue weighted by Crippen LogP contribution is -2.59. The summed E-state index contributed by atoms with van der Waals surface area (Å²) in [7, 11) is 0. The Balaban J connectivity index is 1.06. The Labute approximate surface area is 245 Å². The quantitative estimate of drug-likeness (QED) is 0.290. The summed E-state index contributed by atoms with van der Waals surface area (Å²) in [5.74, 6) is 1.48. The van der Waals surface area contributed by atoms with Gasteiger partial charge in [-0.1, -0.05) is 45.8 Å². The van der Waals surface area contributed by atoms with Gasteiger partial charge < -0.3 is 39.7 Å². The first kappa shape index (κ1) is 30.4. The number of aliphatic hydroxyl groups is 5. The van der Waals surface area contributed by atoms with Crippen molar-refractivity contribution in [3.05, 3.63) is 11.6 Å². The average Bonchev–Trinajstić information content (AvgIpc) is 3.39. The molecule has 0 aromatic carbocycles.